The lowest BCUT2D eigenvalue weighted by molar-refractivity contribution is -0.143. The van der Waals surface area contributed by atoms with Gasteiger partial charge in [-0.1, -0.05) is 34.6 Å². The Morgan fingerprint density at radius 3 is 2.06 bits per heavy atom. The van der Waals surface area contributed by atoms with Crippen LogP contribution < -0.4 is 0 Å². The highest BCUT2D eigenvalue weighted by atomic mass is 16.3. The smallest absolute Gasteiger partial charge is 0.226 e. The van der Waals surface area contributed by atoms with Gasteiger partial charge in [-0.25, -0.2) is 0 Å². The van der Waals surface area contributed by atoms with Gasteiger partial charge in [0.25, 0.3) is 0 Å². The van der Waals surface area contributed by atoms with Crippen molar-refractivity contribution in [3.63, 3.8) is 0 Å². The molecule has 1 amide bonds. The number of aliphatic hydroxyl groups excluding tert-OH is 1. The summed E-state index contributed by atoms with van der Waals surface area (Å²) in [5.41, 5.74) is 0.00130. The first-order valence-corrected chi connectivity index (χ1v) is 6.70. The molecule has 1 N–H and O–H groups in total. The molecule has 0 aromatic rings. The fourth-order valence-electron chi connectivity index (χ4n) is 2.94. The number of carbonyl (C=O) groups is 1. The van der Waals surface area contributed by atoms with Crippen LogP contribution in [-0.4, -0.2) is 35.1 Å². The summed E-state index contributed by atoms with van der Waals surface area (Å²) in [6, 6.07) is 0. The monoisotopic (exact) mass is 241 g/mol. The minimum atomic E-state index is -0.216. The number of hydrogen-bond acceptors (Lipinski definition) is 2. The number of rotatable bonds is 2. The highest BCUT2D eigenvalue weighted by Gasteiger charge is 2.37. The van der Waals surface area contributed by atoms with Gasteiger partial charge in [0, 0.05) is 19.0 Å². The van der Waals surface area contributed by atoms with Crippen LogP contribution in [0.25, 0.3) is 0 Å². The summed E-state index contributed by atoms with van der Waals surface area (Å²) in [7, 11) is 0. The van der Waals surface area contributed by atoms with Gasteiger partial charge in [0.1, 0.15) is 0 Å². The number of amides is 1. The van der Waals surface area contributed by atoms with E-state index in [1.807, 2.05) is 4.90 Å². The molecule has 0 radical (unpaired) electrons. The molecule has 17 heavy (non-hydrogen) atoms. The average molecular weight is 241 g/mol. The van der Waals surface area contributed by atoms with Gasteiger partial charge in [-0.15, -0.1) is 0 Å². The molecular weight excluding hydrogens is 214 g/mol. The minimum absolute atomic E-state index is 0.00130. The van der Waals surface area contributed by atoms with Crippen LogP contribution in [-0.2, 0) is 4.79 Å². The second kappa shape index (κ2) is 5.38. The second-order valence-corrected chi connectivity index (χ2v) is 6.64. The van der Waals surface area contributed by atoms with E-state index in [1.54, 1.807) is 0 Å². The molecule has 1 heterocycles. The van der Waals surface area contributed by atoms with Gasteiger partial charge in [0.15, 0.2) is 0 Å². The molecule has 0 aliphatic carbocycles. The zero-order valence-corrected chi connectivity index (χ0v) is 11.9. The fourth-order valence-corrected chi connectivity index (χ4v) is 2.94. The molecule has 1 fully saturated rings. The van der Waals surface area contributed by atoms with Gasteiger partial charge >= 0.3 is 0 Å². The quantitative estimate of drug-likeness (QED) is 0.806. The molecule has 3 nitrogen and oxygen atoms in total. The van der Waals surface area contributed by atoms with Crippen molar-refractivity contribution in [2.45, 2.75) is 53.6 Å². The van der Waals surface area contributed by atoms with E-state index in [0.717, 1.165) is 12.8 Å². The number of carbonyl (C=O) groups excluding carboxylic acids is 1. The van der Waals surface area contributed by atoms with Crippen LogP contribution in [0.4, 0.5) is 0 Å². The highest BCUT2D eigenvalue weighted by molar-refractivity contribution is 5.80. The van der Waals surface area contributed by atoms with Crippen LogP contribution in [0.3, 0.4) is 0 Å². The lowest BCUT2D eigenvalue weighted by Gasteiger charge is -2.39. The van der Waals surface area contributed by atoms with Crippen LogP contribution in [0.2, 0.25) is 0 Å². The third kappa shape index (κ3) is 3.70. The molecule has 1 unspecified atom stereocenters. The Bertz CT molecular complexity index is 260. The third-order valence-electron chi connectivity index (χ3n) is 3.64. The number of piperidine rings is 1. The van der Waals surface area contributed by atoms with E-state index in [0.29, 0.717) is 19.0 Å². The van der Waals surface area contributed by atoms with Crippen LogP contribution in [0.5, 0.6) is 0 Å². The molecule has 100 valence electrons. The first-order valence-electron chi connectivity index (χ1n) is 6.70. The molecule has 1 rings (SSSR count). The highest BCUT2D eigenvalue weighted by Crippen LogP contribution is 2.34. The van der Waals surface area contributed by atoms with Crippen molar-refractivity contribution in [2.75, 3.05) is 13.1 Å². The van der Waals surface area contributed by atoms with Gasteiger partial charge in [-0.05, 0) is 24.2 Å². The van der Waals surface area contributed by atoms with Gasteiger partial charge in [0.05, 0.1) is 6.10 Å². The number of aliphatic hydroxyl groups is 1. The average Bonchev–Trinajstić information content (AvgIpc) is 2.15. The van der Waals surface area contributed by atoms with Crippen LogP contribution in [0.1, 0.15) is 47.5 Å². The predicted molar refractivity (Wildman–Crippen MR) is 69.6 cm³/mol. The maximum absolute atomic E-state index is 12.5. The summed E-state index contributed by atoms with van der Waals surface area (Å²) in [6.45, 7) is 12.1. The summed E-state index contributed by atoms with van der Waals surface area (Å²) in [5.74, 6) is 0.687. The molecule has 3 heteroatoms. The standard InChI is InChI=1S/C14H27NO2/c1-10(2)12(14(3,4)5)13(17)15-8-6-11(16)7-9-15/h10-12,16H,6-9H2,1-5H3. The Morgan fingerprint density at radius 1 is 1.24 bits per heavy atom. The first kappa shape index (κ1) is 14.5. The van der Waals surface area contributed by atoms with E-state index in [-0.39, 0.29) is 23.3 Å². The molecule has 1 atom stereocenters. The minimum Gasteiger partial charge on any atom is -0.393 e. The Labute approximate surface area is 105 Å². The number of likely N-dealkylation sites (tertiary alicyclic amines) is 1. The number of nitrogens with zero attached hydrogens (tertiary/aromatic N) is 1. The van der Waals surface area contributed by atoms with E-state index in [2.05, 4.69) is 34.6 Å². The Kier molecular flexibility index (Phi) is 4.59. The van der Waals surface area contributed by atoms with Crippen molar-refractivity contribution in [1.82, 2.24) is 4.90 Å². The van der Waals surface area contributed by atoms with Crippen LogP contribution in [0, 0.1) is 17.3 Å². The third-order valence-corrected chi connectivity index (χ3v) is 3.64. The summed E-state index contributed by atoms with van der Waals surface area (Å²) in [5, 5.41) is 9.48. The summed E-state index contributed by atoms with van der Waals surface area (Å²) >= 11 is 0. The zero-order valence-electron chi connectivity index (χ0n) is 11.9. The van der Waals surface area contributed by atoms with Gasteiger partial charge in [-0.2, -0.15) is 0 Å². The lowest BCUT2D eigenvalue weighted by atomic mass is 9.73. The maximum Gasteiger partial charge on any atom is 0.226 e. The molecule has 0 aromatic heterocycles. The fraction of sp³-hybridized carbons (Fsp3) is 0.929. The van der Waals surface area contributed by atoms with Crippen molar-refractivity contribution in [1.29, 1.82) is 0 Å². The maximum atomic E-state index is 12.5. The molecule has 0 bridgehead atoms. The molecule has 1 saturated heterocycles. The molecule has 0 aromatic carbocycles. The van der Waals surface area contributed by atoms with E-state index in [4.69, 9.17) is 0 Å². The lowest BCUT2D eigenvalue weighted by Crippen LogP contribution is -2.47. The van der Waals surface area contributed by atoms with E-state index in [1.165, 1.54) is 0 Å². The molecular formula is C14H27NO2. The SMILES string of the molecule is CC(C)C(C(=O)N1CCC(O)CC1)C(C)(C)C. The van der Waals surface area contributed by atoms with Gasteiger partial charge in [-0.3, -0.25) is 4.79 Å². The topological polar surface area (TPSA) is 40.5 Å². The number of hydrogen-bond donors (Lipinski definition) is 1. The normalized spacial score (nSPS) is 20.8. The summed E-state index contributed by atoms with van der Waals surface area (Å²) in [4.78, 5) is 14.5. The van der Waals surface area contributed by atoms with Crippen molar-refractivity contribution >= 4 is 5.91 Å². The predicted octanol–water partition coefficient (Wildman–Crippen LogP) is 2.29. The Hall–Kier alpha value is -0.570. The van der Waals surface area contributed by atoms with E-state index in [9.17, 15) is 9.90 Å². The zero-order chi connectivity index (χ0) is 13.2. The summed E-state index contributed by atoms with van der Waals surface area (Å²) < 4.78 is 0. The second-order valence-electron chi connectivity index (χ2n) is 6.64. The van der Waals surface area contributed by atoms with Gasteiger partial charge in [0.2, 0.25) is 5.91 Å². The van der Waals surface area contributed by atoms with Crippen molar-refractivity contribution < 1.29 is 9.90 Å². The van der Waals surface area contributed by atoms with Crippen molar-refractivity contribution in [2.24, 2.45) is 17.3 Å². The Balaban J connectivity index is 2.72. The molecule has 0 spiro atoms. The van der Waals surface area contributed by atoms with E-state index < -0.39 is 0 Å². The molecule has 0 saturated carbocycles. The largest absolute Gasteiger partial charge is 0.393 e. The van der Waals surface area contributed by atoms with Crippen LogP contribution >= 0.6 is 0 Å². The molecule has 1 aliphatic heterocycles. The summed E-state index contributed by atoms with van der Waals surface area (Å²) in [6.07, 6.45) is 1.23. The van der Waals surface area contributed by atoms with Crippen molar-refractivity contribution in [3.8, 4) is 0 Å². The van der Waals surface area contributed by atoms with Crippen molar-refractivity contribution in [3.05, 3.63) is 0 Å². The van der Waals surface area contributed by atoms with E-state index >= 15 is 0 Å². The molecule has 1 aliphatic rings. The first-order chi connectivity index (χ1) is 7.73. The van der Waals surface area contributed by atoms with Gasteiger partial charge < -0.3 is 10.0 Å². The van der Waals surface area contributed by atoms with Crippen LogP contribution in [0.15, 0.2) is 0 Å². The Morgan fingerprint density at radius 2 is 1.71 bits per heavy atom.